The summed E-state index contributed by atoms with van der Waals surface area (Å²) in [5.74, 6) is 0.353. The number of amides is 1. The second-order valence-electron chi connectivity index (χ2n) is 6.87. The molecule has 2 heterocycles. The van der Waals surface area contributed by atoms with Gasteiger partial charge < -0.3 is 19.9 Å². The van der Waals surface area contributed by atoms with Crippen molar-refractivity contribution >= 4 is 17.7 Å². The predicted molar refractivity (Wildman–Crippen MR) is 96.7 cm³/mol. The van der Waals surface area contributed by atoms with Crippen molar-refractivity contribution in [3.63, 3.8) is 0 Å². The van der Waals surface area contributed by atoms with Crippen molar-refractivity contribution in [2.75, 3.05) is 45.2 Å². The second-order valence-corrected chi connectivity index (χ2v) is 6.87. The Morgan fingerprint density at radius 3 is 2.56 bits per heavy atom. The Kier molecular flexibility index (Phi) is 6.75. The maximum absolute atomic E-state index is 12.6. The van der Waals surface area contributed by atoms with Crippen molar-refractivity contribution in [1.29, 1.82) is 0 Å². The molecule has 0 aliphatic carbocycles. The zero-order valence-electron chi connectivity index (χ0n) is 15.5. The molecule has 1 N–H and O–H groups in total. The molecule has 1 fully saturated rings. The van der Waals surface area contributed by atoms with E-state index >= 15 is 0 Å². The van der Waals surface area contributed by atoms with Crippen LogP contribution in [0, 0.1) is 5.92 Å². The van der Waals surface area contributed by atoms with Gasteiger partial charge in [-0.1, -0.05) is 13.8 Å². The molecule has 25 heavy (non-hydrogen) atoms. The normalized spacial score (nSPS) is 16.6. The van der Waals surface area contributed by atoms with Crippen LogP contribution in [0.15, 0.2) is 18.3 Å². The molecule has 0 saturated carbocycles. The van der Waals surface area contributed by atoms with Gasteiger partial charge in [-0.2, -0.15) is 0 Å². The van der Waals surface area contributed by atoms with E-state index in [-0.39, 0.29) is 11.8 Å². The molecule has 1 unspecified atom stereocenters. The summed E-state index contributed by atoms with van der Waals surface area (Å²) in [6, 6.07) is 2.81. The average molecular weight is 348 g/mol. The number of nitrogens with zero attached hydrogens (tertiary/aromatic N) is 3. The minimum absolute atomic E-state index is 0.266. The highest BCUT2D eigenvalue weighted by Crippen LogP contribution is 2.15. The first-order valence-electron chi connectivity index (χ1n) is 8.69. The highest BCUT2D eigenvalue weighted by molar-refractivity contribution is 5.97. The van der Waals surface area contributed by atoms with E-state index in [1.165, 1.54) is 7.11 Å². The van der Waals surface area contributed by atoms with Gasteiger partial charge in [-0.15, -0.1) is 0 Å². The molecule has 138 valence electrons. The van der Waals surface area contributed by atoms with Gasteiger partial charge in [-0.05, 0) is 31.5 Å². The molecular formula is C18H28N4O3. The molecule has 0 radical (unpaired) electrons. The van der Waals surface area contributed by atoms with Crippen LogP contribution < -0.4 is 10.2 Å². The second kappa shape index (κ2) is 8.80. The van der Waals surface area contributed by atoms with Crippen LogP contribution in [0.2, 0.25) is 0 Å². The standard InChI is InChI=1S/C18H28N4O3/c1-13(2)11-15(18(24)25-4)20-17(23)14-5-6-19-16(12-14)22-9-7-21(3)8-10-22/h5-6,12-13,15H,7-11H2,1-4H3,(H,20,23). The Bertz CT molecular complexity index is 598. The highest BCUT2D eigenvalue weighted by Gasteiger charge is 2.24. The third kappa shape index (κ3) is 5.42. The number of anilines is 1. The van der Waals surface area contributed by atoms with E-state index in [0.29, 0.717) is 12.0 Å². The number of methoxy groups -OCH3 is 1. The molecule has 1 atom stereocenters. The van der Waals surface area contributed by atoms with E-state index in [9.17, 15) is 9.59 Å². The molecule has 0 bridgehead atoms. The molecule has 1 aliphatic rings. The van der Waals surface area contributed by atoms with Gasteiger partial charge in [0.2, 0.25) is 0 Å². The van der Waals surface area contributed by atoms with E-state index in [1.54, 1.807) is 18.3 Å². The van der Waals surface area contributed by atoms with Crippen LogP contribution in [-0.2, 0) is 9.53 Å². The topological polar surface area (TPSA) is 74.8 Å². The van der Waals surface area contributed by atoms with Crippen LogP contribution in [0.5, 0.6) is 0 Å². The highest BCUT2D eigenvalue weighted by atomic mass is 16.5. The Labute approximate surface area is 149 Å². The van der Waals surface area contributed by atoms with E-state index < -0.39 is 12.0 Å². The molecule has 1 amide bonds. The summed E-state index contributed by atoms with van der Waals surface area (Å²) in [5.41, 5.74) is 0.501. The van der Waals surface area contributed by atoms with E-state index in [4.69, 9.17) is 4.74 Å². The number of hydrogen-bond donors (Lipinski definition) is 1. The number of aromatic nitrogens is 1. The summed E-state index contributed by atoms with van der Waals surface area (Å²) in [6.07, 6.45) is 2.17. The van der Waals surface area contributed by atoms with Crippen molar-refractivity contribution in [3.05, 3.63) is 23.9 Å². The lowest BCUT2D eigenvalue weighted by molar-refractivity contribution is -0.143. The molecule has 1 saturated heterocycles. The molecule has 7 nitrogen and oxygen atoms in total. The third-order valence-electron chi connectivity index (χ3n) is 4.33. The van der Waals surface area contributed by atoms with Crippen molar-refractivity contribution in [1.82, 2.24) is 15.2 Å². The number of pyridine rings is 1. The predicted octanol–water partition coefficient (Wildman–Crippen LogP) is 1.15. The molecule has 7 heteroatoms. The van der Waals surface area contributed by atoms with E-state index in [0.717, 1.165) is 32.0 Å². The number of nitrogens with one attached hydrogen (secondary N) is 1. The Morgan fingerprint density at radius 1 is 1.28 bits per heavy atom. The maximum atomic E-state index is 12.6. The van der Waals surface area contributed by atoms with Gasteiger partial charge in [0, 0.05) is 37.9 Å². The fourth-order valence-electron chi connectivity index (χ4n) is 2.84. The SMILES string of the molecule is COC(=O)C(CC(C)C)NC(=O)c1ccnc(N2CCN(C)CC2)c1. The molecule has 2 rings (SSSR count). The first-order chi connectivity index (χ1) is 11.9. The first-order valence-corrected chi connectivity index (χ1v) is 8.69. The zero-order chi connectivity index (χ0) is 18.4. The van der Waals surface area contributed by atoms with Crippen molar-refractivity contribution in [2.24, 2.45) is 5.92 Å². The number of hydrogen-bond acceptors (Lipinski definition) is 6. The minimum atomic E-state index is -0.641. The van der Waals surface area contributed by atoms with Gasteiger partial charge in [-0.25, -0.2) is 9.78 Å². The lowest BCUT2D eigenvalue weighted by atomic mass is 10.0. The fraction of sp³-hybridized carbons (Fsp3) is 0.611. The summed E-state index contributed by atoms with van der Waals surface area (Å²) < 4.78 is 4.80. The van der Waals surface area contributed by atoms with Crippen LogP contribution in [0.25, 0.3) is 0 Å². The molecule has 0 spiro atoms. The quantitative estimate of drug-likeness (QED) is 0.778. The van der Waals surface area contributed by atoms with Gasteiger partial charge in [0.25, 0.3) is 5.91 Å². The van der Waals surface area contributed by atoms with Crippen molar-refractivity contribution in [2.45, 2.75) is 26.3 Å². The smallest absolute Gasteiger partial charge is 0.328 e. The Hall–Kier alpha value is -2.15. The van der Waals surface area contributed by atoms with Crippen molar-refractivity contribution in [3.8, 4) is 0 Å². The fourth-order valence-corrected chi connectivity index (χ4v) is 2.84. The third-order valence-corrected chi connectivity index (χ3v) is 4.33. The van der Waals surface area contributed by atoms with Gasteiger partial charge >= 0.3 is 5.97 Å². The lowest BCUT2D eigenvalue weighted by Gasteiger charge is -2.33. The van der Waals surface area contributed by atoms with Crippen LogP contribution in [0.4, 0.5) is 5.82 Å². The minimum Gasteiger partial charge on any atom is -0.467 e. The van der Waals surface area contributed by atoms with Gasteiger partial charge in [0.05, 0.1) is 7.11 Å². The number of esters is 1. The van der Waals surface area contributed by atoms with Gasteiger partial charge in [0.15, 0.2) is 0 Å². The molecule has 1 aliphatic heterocycles. The number of carbonyl (C=O) groups is 2. The van der Waals surface area contributed by atoms with Gasteiger partial charge in [0.1, 0.15) is 11.9 Å². The average Bonchev–Trinajstić information content (AvgIpc) is 2.60. The number of piperazine rings is 1. The number of likely N-dealkylation sites (N-methyl/N-ethyl adjacent to an activating group) is 1. The van der Waals surface area contributed by atoms with E-state index in [2.05, 4.69) is 27.1 Å². The maximum Gasteiger partial charge on any atom is 0.328 e. The number of ether oxygens (including phenoxy) is 1. The Balaban J connectivity index is 2.08. The van der Waals surface area contributed by atoms with Crippen LogP contribution >= 0.6 is 0 Å². The van der Waals surface area contributed by atoms with Crippen LogP contribution in [0.1, 0.15) is 30.6 Å². The Morgan fingerprint density at radius 2 is 1.96 bits per heavy atom. The summed E-state index contributed by atoms with van der Waals surface area (Å²) in [6.45, 7) is 7.70. The largest absolute Gasteiger partial charge is 0.467 e. The van der Waals surface area contributed by atoms with Crippen molar-refractivity contribution < 1.29 is 14.3 Å². The number of rotatable bonds is 6. The summed E-state index contributed by atoms with van der Waals surface area (Å²) in [5, 5.41) is 2.78. The van der Waals surface area contributed by atoms with Crippen LogP contribution in [0.3, 0.4) is 0 Å². The molecular weight excluding hydrogens is 320 g/mol. The number of carbonyl (C=O) groups excluding carboxylic acids is 2. The van der Waals surface area contributed by atoms with E-state index in [1.807, 2.05) is 13.8 Å². The van der Waals surface area contributed by atoms with Crippen LogP contribution in [-0.4, -0.2) is 68.1 Å². The summed E-state index contributed by atoms with van der Waals surface area (Å²) in [7, 11) is 3.43. The summed E-state index contributed by atoms with van der Waals surface area (Å²) in [4.78, 5) is 33.3. The summed E-state index contributed by atoms with van der Waals surface area (Å²) >= 11 is 0. The lowest BCUT2D eigenvalue weighted by Crippen LogP contribution is -2.45. The molecule has 1 aromatic heterocycles. The van der Waals surface area contributed by atoms with Gasteiger partial charge in [-0.3, -0.25) is 4.79 Å². The molecule has 1 aromatic rings. The monoisotopic (exact) mass is 348 g/mol. The zero-order valence-corrected chi connectivity index (χ0v) is 15.5. The molecule has 0 aromatic carbocycles. The first kappa shape index (κ1) is 19.2.